The van der Waals surface area contributed by atoms with Crippen LogP contribution in [0.3, 0.4) is 0 Å². The van der Waals surface area contributed by atoms with Crippen molar-refractivity contribution in [2.45, 2.75) is 13.0 Å². The molecule has 0 aliphatic carbocycles. The van der Waals surface area contributed by atoms with E-state index in [1.165, 1.54) is 0 Å². The first kappa shape index (κ1) is 8.33. The molecule has 0 saturated carbocycles. The molecule has 0 spiro atoms. The van der Waals surface area contributed by atoms with Gasteiger partial charge in [-0.2, -0.15) is 0 Å². The lowest BCUT2D eigenvalue weighted by molar-refractivity contribution is 0.121. The maximum atomic E-state index is 5.06. The maximum Gasteiger partial charge on any atom is 0.191 e. The van der Waals surface area contributed by atoms with Crippen molar-refractivity contribution < 1.29 is 4.74 Å². The number of hydrogen-bond acceptors (Lipinski definition) is 4. The molecule has 0 aromatic carbocycles. The minimum Gasteiger partial charge on any atom is -0.380 e. The van der Waals surface area contributed by atoms with Crippen LogP contribution in [0.25, 0.3) is 0 Å². The van der Waals surface area contributed by atoms with E-state index in [1.807, 2.05) is 6.92 Å². The second-order valence-corrected chi connectivity index (χ2v) is 2.58. The summed E-state index contributed by atoms with van der Waals surface area (Å²) >= 11 is 0. The van der Waals surface area contributed by atoms with Gasteiger partial charge in [0.2, 0.25) is 0 Å². The highest BCUT2D eigenvalue weighted by Crippen LogP contribution is 1.85. The molecule has 1 unspecified atom stereocenters. The molecule has 1 aliphatic heterocycles. The molecule has 0 radical (unpaired) electrons. The van der Waals surface area contributed by atoms with E-state index in [0.717, 1.165) is 25.6 Å². The SMILES string of the molecule is COC(C)CNC1=NCCN1. The molecule has 0 aromatic rings. The summed E-state index contributed by atoms with van der Waals surface area (Å²) in [6.45, 7) is 4.65. The lowest BCUT2D eigenvalue weighted by atomic mass is 10.4. The second-order valence-electron chi connectivity index (χ2n) is 2.58. The van der Waals surface area contributed by atoms with Crippen LogP contribution < -0.4 is 10.6 Å². The summed E-state index contributed by atoms with van der Waals surface area (Å²) in [5, 5.41) is 6.27. The van der Waals surface area contributed by atoms with Gasteiger partial charge in [-0.05, 0) is 6.92 Å². The molecule has 2 N–H and O–H groups in total. The number of hydrogen-bond donors (Lipinski definition) is 2. The Morgan fingerprint density at radius 3 is 3.18 bits per heavy atom. The van der Waals surface area contributed by atoms with Gasteiger partial charge in [-0.25, -0.2) is 0 Å². The monoisotopic (exact) mass is 157 g/mol. The first-order chi connectivity index (χ1) is 5.33. The fourth-order valence-electron chi connectivity index (χ4n) is 0.840. The van der Waals surface area contributed by atoms with Gasteiger partial charge < -0.3 is 15.4 Å². The Morgan fingerprint density at radius 1 is 1.82 bits per heavy atom. The van der Waals surface area contributed by atoms with Crippen LogP contribution in [-0.2, 0) is 4.74 Å². The smallest absolute Gasteiger partial charge is 0.191 e. The molecule has 1 atom stereocenters. The molecule has 0 fully saturated rings. The molecule has 0 aromatic heterocycles. The Labute approximate surface area is 67.0 Å². The summed E-state index contributed by atoms with van der Waals surface area (Å²) in [6, 6.07) is 0. The Hall–Kier alpha value is -0.770. The van der Waals surface area contributed by atoms with Crippen LogP contribution in [0.2, 0.25) is 0 Å². The van der Waals surface area contributed by atoms with Gasteiger partial charge in [0.25, 0.3) is 0 Å². The quantitative estimate of drug-likeness (QED) is 0.584. The van der Waals surface area contributed by atoms with Crippen molar-refractivity contribution in [3.63, 3.8) is 0 Å². The van der Waals surface area contributed by atoms with Gasteiger partial charge in [-0.15, -0.1) is 0 Å². The van der Waals surface area contributed by atoms with Crippen molar-refractivity contribution in [2.75, 3.05) is 26.7 Å². The second kappa shape index (κ2) is 4.18. The topological polar surface area (TPSA) is 45.6 Å². The summed E-state index contributed by atoms with van der Waals surface area (Å²) in [4.78, 5) is 4.18. The number of guanidine groups is 1. The third kappa shape index (κ3) is 2.76. The number of nitrogens with one attached hydrogen (secondary N) is 2. The fourth-order valence-corrected chi connectivity index (χ4v) is 0.840. The molecule has 4 heteroatoms. The summed E-state index contributed by atoms with van der Waals surface area (Å²) in [7, 11) is 1.70. The number of methoxy groups -OCH3 is 1. The zero-order valence-corrected chi connectivity index (χ0v) is 7.05. The van der Waals surface area contributed by atoms with Crippen molar-refractivity contribution >= 4 is 5.96 Å². The van der Waals surface area contributed by atoms with Crippen molar-refractivity contribution in [1.29, 1.82) is 0 Å². The average molecular weight is 157 g/mol. The van der Waals surface area contributed by atoms with Crippen molar-refractivity contribution in [3.8, 4) is 0 Å². The van der Waals surface area contributed by atoms with E-state index in [4.69, 9.17) is 4.74 Å². The van der Waals surface area contributed by atoms with E-state index in [2.05, 4.69) is 15.6 Å². The third-order valence-electron chi connectivity index (χ3n) is 1.63. The third-order valence-corrected chi connectivity index (χ3v) is 1.63. The first-order valence-electron chi connectivity index (χ1n) is 3.88. The molecule has 0 saturated heterocycles. The van der Waals surface area contributed by atoms with Gasteiger partial charge >= 0.3 is 0 Å². The lowest BCUT2D eigenvalue weighted by Crippen LogP contribution is -2.38. The van der Waals surface area contributed by atoms with Crippen molar-refractivity contribution in [1.82, 2.24) is 10.6 Å². The van der Waals surface area contributed by atoms with Crippen LogP contribution in [0.5, 0.6) is 0 Å². The van der Waals surface area contributed by atoms with Crippen LogP contribution >= 0.6 is 0 Å². The Bertz CT molecular complexity index is 147. The number of ether oxygens (including phenoxy) is 1. The molecule has 1 heterocycles. The van der Waals surface area contributed by atoms with Crippen molar-refractivity contribution in [3.05, 3.63) is 0 Å². The normalized spacial score (nSPS) is 18.9. The zero-order chi connectivity index (χ0) is 8.10. The van der Waals surface area contributed by atoms with Crippen LogP contribution in [0.15, 0.2) is 4.99 Å². The predicted octanol–water partition coefficient (Wildman–Crippen LogP) is -0.430. The molecule has 1 aliphatic rings. The standard InChI is InChI=1S/C7H15N3O/c1-6(11-2)5-10-7-8-3-4-9-7/h6H,3-5H2,1-2H3,(H2,8,9,10). The highest BCUT2D eigenvalue weighted by molar-refractivity contribution is 5.81. The Balaban J connectivity index is 2.11. The maximum absolute atomic E-state index is 5.06. The summed E-state index contributed by atoms with van der Waals surface area (Å²) < 4.78 is 5.06. The van der Waals surface area contributed by atoms with E-state index in [0.29, 0.717) is 0 Å². The number of nitrogens with zero attached hydrogens (tertiary/aromatic N) is 1. The minimum atomic E-state index is 0.236. The first-order valence-corrected chi connectivity index (χ1v) is 3.88. The summed E-state index contributed by atoms with van der Waals surface area (Å²) in [5.41, 5.74) is 0. The van der Waals surface area contributed by atoms with Gasteiger partial charge in [-0.3, -0.25) is 4.99 Å². The predicted molar refractivity (Wildman–Crippen MR) is 44.8 cm³/mol. The zero-order valence-electron chi connectivity index (χ0n) is 7.05. The van der Waals surface area contributed by atoms with E-state index in [9.17, 15) is 0 Å². The highest BCUT2D eigenvalue weighted by Gasteiger charge is 2.05. The fraction of sp³-hybridized carbons (Fsp3) is 0.857. The summed E-state index contributed by atoms with van der Waals surface area (Å²) in [5.74, 6) is 0.897. The molecular formula is C7H15N3O. The van der Waals surface area contributed by atoms with Crippen LogP contribution in [-0.4, -0.2) is 38.8 Å². The van der Waals surface area contributed by atoms with Gasteiger partial charge in [-0.1, -0.05) is 0 Å². The molecule has 64 valence electrons. The Kier molecular flexibility index (Phi) is 3.16. The van der Waals surface area contributed by atoms with E-state index in [1.54, 1.807) is 7.11 Å². The molecule has 11 heavy (non-hydrogen) atoms. The largest absolute Gasteiger partial charge is 0.380 e. The van der Waals surface area contributed by atoms with Crippen molar-refractivity contribution in [2.24, 2.45) is 4.99 Å². The minimum absolute atomic E-state index is 0.236. The molecule has 0 bridgehead atoms. The molecule has 0 amide bonds. The number of rotatable bonds is 3. The van der Waals surface area contributed by atoms with Crippen LogP contribution in [0.4, 0.5) is 0 Å². The average Bonchev–Trinajstić information content (AvgIpc) is 2.52. The van der Waals surface area contributed by atoms with Gasteiger partial charge in [0, 0.05) is 20.2 Å². The van der Waals surface area contributed by atoms with Gasteiger partial charge in [0.1, 0.15) is 0 Å². The lowest BCUT2D eigenvalue weighted by Gasteiger charge is -2.11. The number of aliphatic imine (C=N–C) groups is 1. The van der Waals surface area contributed by atoms with Gasteiger partial charge in [0.05, 0.1) is 12.6 Å². The summed E-state index contributed by atoms with van der Waals surface area (Å²) in [6.07, 6.45) is 0.236. The van der Waals surface area contributed by atoms with E-state index >= 15 is 0 Å². The molecular weight excluding hydrogens is 142 g/mol. The molecule has 1 rings (SSSR count). The molecule has 4 nitrogen and oxygen atoms in total. The van der Waals surface area contributed by atoms with E-state index < -0.39 is 0 Å². The van der Waals surface area contributed by atoms with Crippen LogP contribution in [0.1, 0.15) is 6.92 Å². The van der Waals surface area contributed by atoms with Gasteiger partial charge in [0.15, 0.2) is 5.96 Å². The highest BCUT2D eigenvalue weighted by atomic mass is 16.5. The Morgan fingerprint density at radius 2 is 2.64 bits per heavy atom. The van der Waals surface area contributed by atoms with Crippen LogP contribution in [0, 0.1) is 0 Å². The van der Waals surface area contributed by atoms with E-state index in [-0.39, 0.29) is 6.10 Å².